The average molecular weight is 338 g/mol. The summed E-state index contributed by atoms with van der Waals surface area (Å²) in [6.45, 7) is 1.34. The Kier molecular flexibility index (Phi) is 5.06. The third kappa shape index (κ3) is 4.02. The van der Waals surface area contributed by atoms with Crippen LogP contribution in [0.15, 0.2) is 60.8 Å². The van der Waals surface area contributed by atoms with Crippen molar-refractivity contribution in [2.24, 2.45) is 0 Å². The smallest absolute Gasteiger partial charge is 0.269 e. The van der Waals surface area contributed by atoms with E-state index in [0.717, 1.165) is 17.8 Å². The molecule has 2 aromatic carbocycles. The number of methoxy groups -OCH3 is 1. The molecule has 0 radical (unpaired) electrons. The molecule has 0 amide bonds. The highest BCUT2D eigenvalue weighted by molar-refractivity contribution is 5.41. The van der Waals surface area contributed by atoms with Gasteiger partial charge in [-0.05, 0) is 17.7 Å². The minimum atomic E-state index is -0.424. The highest BCUT2D eigenvalue weighted by atomic mass is 16.6. The van der Waals surface area contributed by atoms with E-state index in [1.807, 2.05) is 24.4 Å². The van der Waals surface area contributed by atoms with Crippen LogP contribution in [0.25, 0.3) is 5.69 Å². The summed E-state index contributed by atoms with van der Waals surface area (Å²) in [5, 5.41) is 18.5. The van der Waals surface area contributed by atoms with Crippen LogP contribution in [-0.4, -0.2) is 21.8 Å². The van der Waals surface area contributed by atoms with Gasteiger partial charge in [0.2, 0.25) is 5.88 Å². The largest absolute Gasteiger partial charge is 0.480 e. The molecule has 0 bridgehead atoms. The quantitative estimate of drug-likeness (QED) is 0.529. The molecule has 1 N–H and O–H groups in total. The summed E-state index contributed by atoms with van der Waals surface area (Å²) in [6, 6.07) is 16.3. The van der Waals surface area contributed by atoms with Crippen LogP contribution in [0.3, 0.4) is 0 Å². The zero-order chi connectivity index (χ0) is 17.6. The first kappa shape index (κ1) is 16.7. The third-order valence-electron chi connectivity index (χ3n) is 3.76. The van der Waals surface area contributed by atoms with Crippen LogP contribution in [0.2, 0.25) is 0 Å². The predicted molar refractivity (Wildman–Crippen MR) is 93.8 cm³/mol. The van der Waals surface area contributed by atoms with Crippen LogP contribution in [0.4, 0.5) is 5.69 Å². The fourth-order valence-electron chi connectivity index (χ4n) is 2.48. The van der Waals surface area contributed by atoms with E-state index in [4.69, 9.17) is 4.74 Å². The standard InChI is InChI=1S/C18H18N4O3/c1-25-18-15(12-19-11-14-5-3-2-4-6-14)13-21(20-18)16-7-9-17(10-8-16)22(23)24/h2-10,13,19H,11-12H2,1H3. The van der Waals surface area contributed by atoms with E-state index in [2.05, 4.69) is 22.5 Å². The van der Waals surface area contributed by atoms with E-state index in [-0.39, 0.29) is 5.69 Å². The Balaban J connectivity index is 1.71. The van der Waals surface area contributed by atoms with Gasteiger partial charge in [0.25, 0.3) is 5.69 Å². The number of non-ortho nitro benzene ring substituents is 1. The number of hydrogen-bond donors (Lipinski definition) is 1. The highest BCUT2D eigenvalue weighted by Crippen LogP contribution is 2.20. The Hall–Kier alpha value is -3.19. The van der Waals surface area contributed by atoms with Crippen molar-refractivity contribution in [3.63, 3.8) is 0 Å². The topological polar surface area (TPSA) is 82.2 Å². The summed E-state index contributed by atoms with van der Waals surface area (Å²) in [4.78, 5) is 10.3. The molecule has 0 spiro atoms. The Morgan fingerprint density at radius 2 is 1.84 bits per heavy atom. The van der Waals surface area contributed by atoms with Crippen LogP contribution >= 0.6 is 0 Å². The zero-order valence-electron chi connectivity index (χ0n) is 13.8. The number of benzene rings is 2. The van der Waals surface area contributed by atoms with Gasteiger partial charge < -0.3 is 10.1 Å². The lowest BCUT2D eigenvalue weighted by molar-refractivity contribution is -0.384. The molecule has 7 heteroatoms. The minimum absolute atomic E-state index is 0.0487. The molecule has 0 fully saturated rings. The number of aromatic nitrogens is 2. The first-order valence-electron chi connectivity index (χ1n) is 7.79. The summed E-state index contributed by atoms with van der Waals surface area (Å²) >= 11 is 0. The Bertz CT molecular complexity index is 845. The maximum Gasteiger partial charge on any atom is 0.269 e. The molecule has 1 heterocycles. The molecule has 0 atom stereocenters. The van der Waals surface area contributed by atoms with Crippen molar-refractivity contribution in [3.8, 4) is 11.6 Å². The molecule has 3 aromatic rings. The summed E-state index contributed by atoms with van der Waals surface area (Å²) in [5.74, 6) is 0.527. The van der Waals surface area contributed by atoms with Gasteiger partial charge in [-0.1, -0.05) is 30.3 Å². The van der Waals surface area contributed by atoms with Crippen LogP contribution in [0.5, 0.6) is 5.88 Å². The van der Waals surface area contributed by atoms with E-state index >= 15 is 0 Å². The van der Waals surface area contributed by atoms with Gasteiger partial charge in [-0.25, -0.2) is 4.68 Å². The van der Waals surface area contributed by atoms with E-state index < -0.39 is 4.92 Å². The maximum absolute atomic E-state index is 10.7. The predicted octanol–water partition coefficient (Wildman–Crippen LogP) is 3.08. The Morgan fingerprint density at radius 3 is 2.48 bits per heavy atom. The number of hydrogen-bond acceptors (Lipinski definition) is 5. The molecule has 0 unspecified atom stereocenters. The molecule has 7 nitrogen and oxygen atoms in total. The molecule has 25 heavy (non-hydrogen) atoms. The Morgan fingerprint density at radius 1 is 1.12 bits per heavy atom. The normalized spacial score (nSPS) is 10.6. The average Bonchev–Trinajstić information content (AvgIpc) is 3.06. The highest BCUT2D eigenvalue weighted by Gasteiger charge is 2.11. The molecule has 3 rings (SSSR count). The van der Waals surface area contributed by atoms with Gasteiger partial charge in [0.15, 0.2) is 0 Å². The lowest BCUT2D eigenvalue weighted by Gasteiger charge is -2.04. The van der Waals surface area contributed by atoms with Crippen LogP contribution < -0.4 is 10.1 Å². The van der Waals surface area contributed by atoms with Crippen molar-refractivity contribution in [2.45, 2.75) is 13.1 Å². The molecule has 0 aliphatic heterocycles. The van der Waals surface area contributed by atoms with Gasteiger partial charge in [-0.15, -0.1) is 5.10 Å². The SMILES string of the molecule is COc1nn(-c2ccc([N+](=O)[O-])cc2)cc1CNCc1ccccc1. The molecule has 0 saturated carbocycles. The van der Waals surface area contributed by atoms with Crippen molar-refractivity contribution >= 4 is 5.69 Å². The minimum Gasteiger partial charge on any atom is -0.480 e. The van der Waals surface area contributed by atoms with E-state index in [9.17, 15) is 10.1 Å². The number of nitrogens with one attached hydrogen (secondary N) is 1. The zero-order valence-corrected chi connectivity index (χ0v) is 13.8. The van der Waals surface area contributed by atoms with Crippen molar-refractivity contribution in [3.05, 3.63) is 82.0 Å². The third-order valence-corrected chi connectivity index (χ3v) is 3.76. The first-order valence-corrected chi connectivity index (χ1v) is 7.79. The number of ether oxygens (including phenoxy) is 1. The number of nitrogens with zero attached hydrogens (tertiary/aromatic N) is 3. The van der Waals surface area contributed by atoms with Gasteiger partial charge in [-0.3, -0.25) is 10.1 Å². The molecule has 0 saturated heterocycles. The van der Waals surface area contributed by atoms with Crippen molar-refractivity contribution in [2.75, 3.05) is 7.11 Å². The molecule has 1 aromatic heterocycles. The first-order chi connectivity index (χ1) is 12.2. The number of rotatable bonds is 7. The van der Waals surface area contributed by atoms with E-state index in [1.54, 1.807) is 23.9 Å². The lowest BCUT2D eigenvalue weighted by atomic mass is 10.2. The van der Waals surface area contributed by atoms with Crippen LogP contribution in [0, 0.1) is 10.1 Å². The van der Waals surface area contributed by atoms with Gasteiger partial charge in [0, 0.05) is 37.0 Å². The second kappa shape index (κ2) is 7.59. The van der Waals surface area contributed by atoms with Crippen molar-refractivity contribution < 1.29 is 9.66 Å². The van der Waals surface area contributed by atoms with E-state index in [0.29, 0.717) is 12.4 Å². The van der Waals surface area contributed by atoms with Gasteiger partial charge >= 0.3 is 0 Å². The van der Waals surface area contributed by atoms with Gasteiger partial charge in [0.1, 0.15) is 0 Å². The van der Waals surface area contributed by atoms with Crippen molar-refractivity contribution in [1.29, 1.82) is 0 Å². The Labute approximate surface area is 145 Å². The summed E-state index contributed by atoms with van der Waals surface area (Å²) in [7, 11) is 1.57. The van der Waals surface area contributed by atoms with Crippen LogP contribution in [-0.2, 0) is 13.1 Å². The van der Waals surface area contributed by atoms with Gasteiger partial charge in [-0.2, -0.15) is 0 Å². The molecule has 0 aliphatic rings. The fraction of sp³-hybridized carbons (Fsp3) is 0.167. The van der Waals surface area contributed by atoms with Gasteiger partial charge in [0.05, 0.1) is 17.7 Å². The maximum atomic E-state index is 10.7. The second-order valence-electron chi connectivity index (χ2n) is 5.47. The van der Waals surface area contributed by atoms with Crippen molar-refractivity contribution in [1.82, 2.24) is 15.1 Å². The van der Waals surface area contributed by atoms with E-state index in [1.165, 1.54) is 17.7 Å². The monoisotopic (exact) mass is 338 g/mol. The molecule has 0 aliphatic carbocycles. The fourth-order valence-corrected chi connectivity index (χ4v) is 2.48. The van der Waals surface area contributed by atoms with Crippen LogP contribution in [0.1, 0.15) is 11.1 Å². The molecular formula is C18H18N4O3. The molecular weight excluding hydrogens is 320 g/mol. The number of nitro benzene ring substituents is 1. The summed E-state index contributed by atoms with van der Waals surface area (Å²) < 4.78 is 6.99. The summed E-state index contributed by atoms with van der Waals surface area (Å²) in [6.07, 6.45) is 1.86. The number of nitro groups is 1. The second-order valence-corrected chi connectivity index (χ2v) is 5.47. The lowest BCUT2D eigenvalue weighted by Crippen LogP contribution is -2.12. The molecule has 128 valence electrons. The summed E-state index contributed by atoms with van der Waals surface area (Å²) in [5.41, 5.74) is 2.90.